The van der Waals surface area contributed by atoms with Gasteiger partial charge in [-0.2, -0.15) is 0 Å². The quantitative estimate of drug-likeness (QED) is 0.672. The number of aliphatic hydroxyl groups is 1. The Bertz CT molecular complexity index is 238. The van der Waals surface area contributed by atoms with E-state index in [9.17, 15) is 5.11 Å². The van der Waals surface area contributed by atoms with Gasteiger partial charge in [0.25, 0.3) is 0 Å². The van der Waals surface area contributed by atoms with E-state index in [0.717, 1.165) is 44.4 Å². The Morgan fingerprint density at radius 3 is 2.50 bits per heavy atom. The largest absolute Gasteiger partial charge is 0.388 e. The van der Waals surface area contributed by atoms with Gasteiger partial charge in [0.15, 0.2) is 0 Å². The summed E-state index contributed by atoms with van der Waals surface area (Å²) in [5.74, 6) is 0.734. The van der Waals surface area contributed by atoms with E-state index in [4.69, 9.17) is 10.5 Å². The molecule has 3 nitrogen and oxygen atoms in total. The molecule has 2 atom stereocenters. The van der Waals surface area contributed by atoms with Gasteiger partial charge >= 0.3 is 0 Å². The van der Waals surface area contributed by atoms with Gasteiger partial charge in [0.05, 0.1) is 5.60 Å². The second kappa shape index (κ2) is 4.63. The topological polar surface area (TPSA) is 55.5 Å². The fourth-order valence-electron chi connectivity index (χ4n) is 3.20. The normalized spacial score (nSPS) is 40.3. The van der Waals surface area contributed by atoms with Crippen LogP contribution in [0.15, 0.2) is 0 Å². The van der Waals surface area contributed by atoms with Crippen LogP contribution in [0.1, 0.15) is 51.9 Å². The average Bonchev–Trinajstić information content (AvgIpc) is 2.43. The van der Waals surface area contributed by atoms with Crippen molar-refractivity contribution < 1.29 is 9.84 Å². The third-order valence-electron chi connectivity index (χ3n) is 4.65. The summed E-state index contributed by atoms with van der Waals surface area (Å²) in [6.45, 7) is 3.68. The van der Waals surface area contributed by atoms with E-state index in [2.05, 4.69) is 6.92 Å². The highest BCUT2D eigenvalue weighted by molar-refractivity contribution is 5.05. The minimum absolute atomic E-state index is 0.407. The Kier molecular flexibility index (Phi) is 3.57. The molecular weight excluding hydrogens is 202 g/mol. The van der Waals surface area contributed by atoms with Crippen LogP contribution in [-0.4, -0.2) is 29.5 Å². The Morgan fingerprint density at radius 2 is 1.81 bits per heavy atom. The van der Waals surface area contributed by atoms with E-state index >= 15 is 0 Å². The summed E-state index contributed by atoms with van der Waals surface area (Å²) in [4.78, 5) is 0. The van der Waals surface area contributed by atoms with Gasteiger partial charge in [0.1, 0.15) is 0 Å². The first-order valence-corrected chi connectivity index (χ1v) is 6.65. The summed E-state index contributed by atoms with van der Waals surface area (Å²) in [7, 11) is 0. The molecule has 0 aromatic carbocycles. The molecule has 1 aliphatic heterocycles. The van der Waals surface area contributed by atoms with Gasteiger partial charge in [0, 0.05) is 18.8 Å². The first kappa shape index (κ1) is 12.3. The number of hydrogen-bond donors (Lipinski definition) is 2. The van der Waals surface area contributed by atoms with Gasteiger partial charge in [0.2, 0.25) is 0 Å². The average molecular weight is 227 g/mol. The molecule has 2 unspecified atom stereocenters. The lowest BCUT2D eigenvalue weighted by Crippen LogP contribution is -2.62. The van der Waals surface area contributed by atoms with Crippen molar-refractivity contribution in [3.63, 3.8) is 0 Å². The molecule has 3 N–H and O–H groups in total. The van der Waals surface area contributed by atoms with Crippen molar-refractivity contribution in [2.24, 2.45) is 11.7 Å². The summed E-state index contributed by atoms with van der Waals surface area (Å²) < 4.78 is 5.36. The highest BCUT2D eigenvalue weighted by Gasteiger charge is 2.48. The van der Waals surface area contributed by atoms with Crippen LogP contribution < -0.4 is 5.73 Å². The van der Waals surface area contributed by atoms with Gasteiger partial charge in [-0.1, -0.05) is 19.8 Å². The zero-order valence-electron chi connectivity index (χ0n) is 10.4. The Hall–Kier alpha value is -0.120. The molecule has 1 saturated carbocycles. The van der Waals surface area contributed by atoms with E-state index in [0.29, 0.717) is 13.2 Å². The predicted octanol–water partition coefficient (Wildman–Crippen LogP) is 1.83. The molecule has 0 radical (unpaired) electrons. The lowest BCUT2D eigenvalue weighted by atomic mass is 9.71. The molecule has 1 saturated heterocycles. The maximum atomic E-state index is 10.9. The van der Waals surface area contributed by atoms with E-state index in [1.807, 2.05) is 0 Å². The number of nitrogens with two attached hydrogens (primary N) is 1. The van der Waals surface area contributed by atoms with Crippen molar-refractivity contribution in [1.29, 1.82) is 0 Å². The zero-order chi connectivity index (χ0) is 11.6. The molecule has 94 valence electrons. The summed E-state index contributed by atoms with van der Waals surface area (Å²) in [5, 5.41) is 10.9. The summed E-state index contributed by atoms with van der Waals surface area (Å²) in [6, 6.07) is 0. The molecule has 0 aromatic heterocycles. The summed E-state index contributed by atoms with van der Waals surface area (Å²) in [5.41, 5.74) is 5.39. The van der Waals surface area contributed by atoms with E-state index < -0.39 is 11.1 Å². The lowest BCUT2D eigenvalue weighted by molar-refractivity contribution is -0.0917. The van der Waals surface area contributed by atoms with Gasteiger partial charge in [-0.15, -0.1) is 0 Å². The van der Waals surface area contributed by atoms with Crippen LogP contribution in [0.5, 0.6) is 0 Å². The van der Waals surface area contributed by atoms with Crippen molar-refractivity contribution in [3.8, 4) is 0 Å². The standard InChI is InChI=1S/C13H25NO2/c1-11-3-2-5-13(15,6-4-11)12(14)7-9-16-10-8-12/h11,15H,2-10,14H2,1H3. The summed E-state index contributed by atoms with van der Waals surface area (Å²) in [6.07, 6.45) is 6.79. The van der Waals surface area contributed by atoms with Gasteiger partial charge in [-0.05, 0) is 38.0 Å². The molecule has 2 rings (SSSR count). The Morgan fingerprint density at radius 1 is 1.12 bits per heavy atom. The molecule has 1 heterocycles. The number of rotatable bonds is 1. The van der Waals surface area contributed by atoms with Crippen LogP contribution in [0.2, 0.25) is 0 Å². The van der Waals surface area contributed by atoms with Crippen molar-refractivity contribution in [2.45, 2.75) is 63.0 Å². The molecular formula is C13H25NO2. The van der Waals surface area contributed by atoms with Crippen LogP contribution in [-0.2, 0) is 4.74 Å². The highest BCUT2D eigenvalue weighted by atomic mass is 16.5. The van der Waals surface area contributed by atoms with Crippen LogP contribution in [0.25, 0.3) is 0 Å². The molecule has 1 aliphatic carbocycles. The van der Waals surface area contributed by atoms with E-state index in [1.165, 1.54) is 6.42 Å². The molecule has 2 aliphatic rings. The van der Waals surface area contributed by atoms with Crippen molar-refractivity contribution in [3.05, 3.63) is 0 Å². The third-order valence-corrected chi connectivity index (χ3v) is 4.65. The lowest BCUT2D eigenvalue weighted by Gasteiger charge is -2.47. The summed E-state index contributed by atoms with van der Waals surface area (Å²) >= 11 is 0. The SMILES string of the molecule is CC1CCCC(O)(C2(N)CCOCC2)CC1. The van der Waals surface area contributed by atoms with Gasteiger partial charge < -0.3 is 15.6 Å². The van der Waals surface area contributed by atoms with Crippen LogP contribution in [0.3, 0.4) is 0 Å². The first-order chi connectivity index (χ1) is 7.56. The highest BCUT2D eigenvalue weighted by Crippen LogP contribution is 2.40. The molecule has 0 aromatic rings. The molecule has 0 spiro atoms. The fourth-order valence-corrected chi connectivity index (χ4v) is 3.20. The maximum Gasteiger partial charge on any atom is 0.0828 e. The monoisotopic (exact) mass is 227 g/mol. The van der Waals surface area contributed by atoms with E-state index in [-0.39, 0.29) is 0 Å². The molecule has 0 amide bonds. The zero-order valence-corrected chi connectivity index (χ0v) is 10.4. The smallest absolute Gasteiger partial charge is 0.0828 e. The molecule has 0 bridgehead atoms. The van der Waals surface area contributed by atoms with Crippen molar-refractivity contribution in [2.75, 3.05) is 13.2 Å². The number of ether oxygens (including phenoxy) is 1. The van der Waals surface area contributed by atoms with E-state index in [1.54, 1.807) is 0 Å². The van der Waals surface area contributed by atoms with Crippen LogP contribution >= 0.6 is 0 Å². The second-order valence-corrected chi connectivity index (χ2v) is 5.84. The minimum atomic E-state index is -0.651. The number of hydrogen-bond acceptors (Lipinski definition) is 3. The van der Waals surface area contributed by atoms with Crippen LogP contribution in [0, 0.1) is 5.92 Å². The fraction of sp³-hybridized carbons (Fsp3) is 1.00. The Labute approximate surface area is 98.4 Å². The Balaban J connectivity index is 2.09. The van der Waals surface area contributed by atoms with Crippen molar-refractivity contribution >= 4 is 0 Å². The molecule has 2 fully saturated rings. The van der Waals surface area contributed by atoms with Gasteiger partial charge in [-0.3, -0.25) is 0 Å². The molecule has 16 heavy (non-hydrogen) atoms. The second-order valence-electron chi connectivity index (χ2n) is 5.84. The van der Waals surface area contributed by atoms with Crippen LogP contribution in [0.4, 0.5) is 0 Å². The molecule has 3 heteroatoms. The predicted molar refractivity (Wildman–Crippen MR) is 64.2 cm³/mol. The van der Waals surface area contributed by atoms with Crippen molar-refractivity contribution in [1.82, 2.24) is 0 Å². The first-order valence-electron chi connectivity index (χ1n) is 6.65. The van der Waals surface area contributed by atoms with Gasteiger partial charge in [-0.25, -0.2) is 0 Å². The maximum absolute atomic E-state index is 10.9. The minimum Gasteiger partial charge on any atom is -0.388 e. The third kappa shape index (κ3) is 2.27.